The summed E-state index contributed by atoms with van der Waals surface area (Å²) in [5.74, 6) is -0.424. The Balaban J connectivity index is 1.96. The molecule has 0 saturated carbocycles. The van der Waals surface area contributed by atoms with Crippen molar-refractivity contribution in [2.45, 2.75) is 6.92 Å². The van der Waals surface area contributed by atoms with Gasteiger partial charge in [0, 0.05) is 22.1 Å². The normalized spacial score (nSPS) is 10.5. The highest BCUT2D eigenvalue weighted by Gasteiger charge is 2.08. The molecule has 0 atom stereocenters. The van der Waals surface area contributed by atoms with Crippen LogP contribution < -0.4 is 5.73 Å². The van der Waals surface area contributed by atoms with Crippen LogP contribution in [0, 0.1) is 6.92 Å². The van der Waals surface area contributed by atoms with E-state index in [4.69, 9.17) is 5.73 Å². The quantitative estimate of drug-likeness (QED) is 0.797. The van der Waals surface area contributed by atoms with Crippen molar-refractivity contribution in [1.29, 1.82) is 0 Å². The van der Waals surface area contributed by atoms with E-state index in [-0.39, 0.29) is 0 Å². The second kappa shape index (κ2) is 5.50. The number of aryl methyl sites for hydroxylation is 1. The summed E-state index contributed by atoms with van der Waals surface area (Å²) in [5.41, 5.74) is 9.99. The SMILES string of the molecule is Cc1ccc(-c2csc(-c3cccc(C(N)=O)c3)n2)cc1. The van der Waals surface area contributed by atoms with Crippen molar-refractivity contribution in [1.82, 2.24) is 4.98 Å². The van der Waals surface area contributed by atoms with Crippen molar-refractivity contribution in [2.75, 3.05) is 0 Å². The molecule has 0 fully saturated rings. The zero-order chi connectivity index (χ0) is 14.8. The van der Waals surface area contributed by atoms with Crippen LogP contribution in [0.5, 0.6) is 0 Å². The molecule has 0 bridgehead atoms. The summed E-state index contributed by atoms with van der Waals surface area (Å²) >= 11 is 1.56. The van der Waals surface area contributed by atoms with Crippen LogP contribution in [0.4, 0.5) is 0 Å². The summed E-state index contributed by atoms with van der Waals surface area (Å²) in [7, 11) is 0. The number of hydrogen-bond donors (Lipinski definition) is 1. The van der Waals surface area contributed by atoms with Crippen LogP contribution >= 0.6 is 11.3 Å². The van der Waals surface area contributed by atoms with Gasteiger partial charge in [-0.3, -0.25) is 4.79 Å². The fourth-order valence-corrected chi connectivity index (χ4v) is 2.89. The highest BCUT2D eigenvalue weighted by molar-refractivity contribution is 7.13. The number of benzene rings is 2. The van der Waals surface area contributed by atoms with Gasteiger partial charge in [0.2, 0.25) is 5.91 Å². The van der Waals surface area contributed by atoms with Gasteiger partial charge < -0.3 is 5.73 Å². The van der Waals surface area contributed by atoms with Crippen molar-refractivity contribution >= 4 is 17.2 Å². The maximum absolute atomic E-state index is 11.2. The predicted octanol–water partition coefficient (Wildman–Crippen LogP) is 3.88. The number of carbonyl (C=O) groups is 1. The fraction of sp³-hybridized carbons (Fsp3) is 0.0588. The molecule has 0 radical (unpaired) electrons. The van der Waals surface area contributed by atoms with Gasteiger partial charge in [-0.05, 0) is 19.1 Å². The summed E-state index contributed by atoms with van der Waals surface area (Å²) in [6, 6.07) is 15.5. The average Bonchev–Trinajstić information content (AvgIpc) is 2.98. The van der Waals surface area contributed by atoms with Gasteiger partial charge in [-0.25, -0.2) is 4.98 Å². The average molecular weight is 294 g/mol. The summed E-state index contributed by atoms with van der Waals surface area (Å²) in [6.07, 6.45) is 0. The van der Waals surface area contributed by atoms with Crippen LogP contribution in [0.15, 0.2) is 53.9 Å². The van der Waals surface area contributed by atoms with Crippen LogP contribution in [0.3, 0.4) is 0 Å². The molecule has 3 nitrogen and oxygen atoms in total. The van der Waals surface area contributed by atoms with Gasteiger partial charge in [-0.1, -0.05) is 42.0 Å². The highest BCUT2D eigenvalue weighted by Crippen LogP contribution is 2.29. The van der Waals surface area contributed by atoms with Crippen LogP contribution in [-0.2, 0) is 0 Å². The zero-order valence-electron chi connectivity index (χ0n) is 11.5. The lowest BCUT2D eigenvalue weighted by Gasteiger charge is -2.00. The highest BCUT2D eigenvalue weighted by atomic mass is 32.1. The lowest BCUT2D eigenvalue weighted by Crippen LogP contribution is -2.10. The van der Waals surface area contributed by atoms with E-state index in [0.717, 1.165) is 21.8 Å². The van der Waals surface area contributed by atoms with Crippen LogP contribution in [-0.4, -0.2) is 10.9 Å². The number of nitrogens with zero attached hydrogens (tertiary/aromatic N) is 1. The number of thiazole rings is 1. The van der Waals surface area contributed by atoms with Crippen molar-refractivity contribution in [3.8, 4) is 21.8 Å². The van der Waals surface area contributed by atoms with Crippen LogP contribution in [0.2, 0.25) is 0 Å². The molecule has 0 aliphatic rings. The summed E-state index contributed by atoms with van der Waals surface area (Å²) in [5, 5.41) is 2.91. The predicted molar refractivity (Wildman–Crippen MR) is 86.2 cm³/mol. The summed E-state index contributed by atoms with van der Waals surface area (Å²) in [4.78, 5) is 15.9. The Labute approximate surface area is 127 Å². The molecule has 104 valence electrons. The lowest BCUT2D eigenvalue weighted by atomic mass is 10.1. The number of aromatic nitrogens is 1. The number of nitrogens with two attached hydrogens (primary N) is 1. The number of rotatable bonds is 3. The molecule has 0 saturated heterocycles. The van der Waals surface area contributed by atoms with Crippen molar-refractivity contribution < 1.29 is 4.79 Å². The van der Waals surface area contributed by atoms with Gasteiger partial charge in [-0.2, -0.15) is 0 Å². The van der Waals surface area contributed by atoms with Gasteiger partial charge >= 0.3 is 0 Å². The lowest BCUT2D eigenvalue weighted by molar-refractivity contribution is 0.100. The Morgan fingerprint density at radius 1 is 1.10 bits per heavy atom. The first-order chi connectivity index (χ1) is 10.1. The van der Waals surface area contributed by atoms with Gasteiger partial charge in [0.05, 0.1) is 5.69 Å². The molecule has 3 rings (SSSR count). The third-order valence-electron chi connectivity index (χ3n) is 3.25. The van der Waals surface area contributed by atoms with Gasteiger partial charge in [0.25, 0.3) is 0 Å². The third kappa shape index (κ3) is 2.85. The Bertz CT molecular complexity index is 791. The molecule has 2 aromatic carbocycles. The number of hydrogen-bond acceptors (Lipinski definition) is 3. The summed E-state index contributed by atoms with van der Waals surface area (Å²) in [6.45, 7) is 2.06. The third-order valence-corrected chi connectivity index (χ3v) is 4.14. The molecule has 3 aromatic rings. The van der Waals surface area contributed by atoms with Crippen molar-refractivity contribution in [3.63, 3.8) is 0 Å². The maximum atomic E-state index is 11.2. The second-order valence-corrected chi connectivity index (χ2v) is 5.71. The molecule has 1 amide bonds. The molecule has 0 spiro atoms. The van der Waals surface area contributed by atoms with Crippen LogP contribution in [0.1, 0.15) is 15.9 Å². The fourth-order valence-electron chi connectivity index (χ4n) is 2.07. The van der Waals surface area contributed by atoms with E-state index < -0.39 is 5.91 Å². The Hall–Kier alpha value is -2.46. The minimum Gasteiger partial charge on any atom is -0.366 e. The molecular formula is C17H14N2OS. The van der Waals surface area contributed by atoms with E-state index in [0.29, 0.717) is 5.56 Å². The Morgan fingerprint density at radius 3 is 2.57 bits per heavy atom. The van der Waals surface area contributed by atoms with E-state index >= 15 is 0 Å². The van der Waals surface area contributed by atoms with Gasteiger partial charge in [0.1, 0.15) is 5.01 Å². The monoisotopic (exact) mass is 294 g/mol. The standard InChI is InChI=1S/C17H14N2OS/c1-11-5-7-12(8-6-11)15-10-21-17(19-15)14-4-2-3-13(9-14)16(18)20/h2-10H,1H3,(H2,18,20). The van der Waals surface area contributed by atoms with Gasteiger partial charge in [-0.15, -0.1) is 11.3 Å². The minimum atomic E-state index is -0.424. The number of primary amides is 1. The molecule has 0 aliphatic carbocycles. The van der Waals surface area contributed by atoms with E-state index in [1.54, 1.807) is 23.5 Å². The maximum Gasteiger partial charge on any atom is 0.248 e. The van der Waals surface area contributed by atoms with Crippen molar-refractivity contribution in [3.05, 3.63) is 65.0 Å². The van der Waals surface area contributed by atoms with Gasteiger partial charge in [0.15, 0.2) is 0 Å². The largest absolute Gasteiger partial charge is 0.366 e. The first-order valence-electron chi connectivity index (χ1n) is 6.56. The first kappa shape index (κ1) is 13.5. The van der Waals surface area contributed by atoms with E-state index in [1.807, 2.05) is 17.5 Å². The van der Waals surface area contributed by atoms with Crippen LogP contribution in [0.25, 0.3) is 21.8 Å². The summed E-state index contributed by atoms with van der Waals surface area (Å²) < 4.78 is 0. The minimum absolute atomic E-state index is 0.424. The Morgan fingerprint density at radius 2 is 1.86 bits per heavy atom. The topological polar surface area (TPSA) is 56.0 Å². The first-order valence-corrected chi connectivity index (χ1v) is 7.44. The zero-order valence-corrected chi connectivity index (χ0v) is 12.4. The smallest absolute Gasteiger partial charge is 0.248 e. The van der Waals surface area contributed by atoms with E-state index in [1.165, 1.54) is 5.56 Å². The molecule has 0 unspecified atom stereocenters. The number of carbonyl (C=O) groups excluding carboxylic acids is 1. The molecule has 0 aliphatic heterocycles. The molecule has 21 heavy (non-hydrogen) atoms. The van der Waals surface area contributed by atoms with E-state index in [9.17, 15) is 4.79 Å². The Kier molecular flexibility index (Phi) is 3.54. The molecule has 1 heterocycles. The molecule has 2 N–H and O–H groups in total. The molecular weight excluding hydrogens is 280 g/mol. The van der Waals surface area contributed by atoms with E-state index in [2.05, 4.69) is 36.2 Å². The van der Waals surface area contributed by atoms with Crippen molar-refractivity contribution in [2.24, 2.45) is 5.73 Å². The second-order valence-electron chi connectivity index (χ2n) is 4.85. The number of amides is 1. The molecule has 1 aromatic heterocycles. The molecule has 4 heteroatoms.